The van der Waals surface area contributed by atoms with Crippen LogP contribution >= 0.6 is 0 Å². The number of hydrogen-bond donors (Lipinski definition) is 0. The topological polar surface area (TPSA) is 55.6 Å². The molecular weight excluding hydrogens is 314 g/mol. The zero-order valence-electron chi connectivity index (χ0n) is 15.6. The van der Waals surface area contributed by atoms with Crippen LogP contribution in [0, 0.1) is 18.3 Å². The van der Waals surface area contributed by atoms with Crippen molar-refractivity contribution in [1.82, 2.24) is 14.8 Å². The molecule has 0 N–H and O–H groups in total. The maximum Gasteiger partial charge on any atom is 0.146 e. The summed E-state index contributed by atoms with van der Waals surface area (Å²) in [5, 5.41) is 9.33. The number of morpholine rings is 1. The van der Waals surface area contributed by atoms with E-state index in [4.69, 9.17) is 4.74 Å². The van der Waals surface area contributed by atoms with Gasteiger partial charge in [0.25, 0.3) is 0 Å². The Hall–Kier alpha value is -1.68. The molecule has 1 atom stereocenters. The first kappa shape index (κ1) is 18.1. The minimum absolute atomic E-state index is 0.300. The molecule has 3 heterocycles. The maximum absolute atomic E-state index is 9.33. The summed E-state index contributed by atoms with van der Waals surface area (Å²) in [6.07, 6.45) is 0.300. The van der Waals surface area contributed by atoms with Gasteiger partial charge in [-0.2, -0.15) is 5.26 Å². The van der Waals surface area contributed by atoms with Crippen LogP contribution in [0.4, 0.5) is 5.82 Å². The van der Waals surface area contributed by atoms with Crippen molar-refractivity contribution < 1.29 is 4.74 Å². The lowest BCUT2D eigenvalue weighted by molar-refractivity contribution is -0.0525. The van der Waals surface area contributed by atoms with Gasteiger partial charge < -0.3 is 9.64 Å². The van der Waals surface area contributed by atoms with E-state index in [0.717, 1.165) is 63.9 Å². The van der Waals surface area contributed by atoms with E-state index in [1.165, 1.54) is 0 Å². The van der Waals surface area contributed by atoms with E-state index in [0.29, 0.717) is 17.7 Å². The van der Waals surface area contributed by atoms with Crippen molar-refractivity contribution in [3.05, 3.63) is 23.4 Å². The van der Waals surface area contributed by atoms with Gasteiger partial charge in [-0.05, 0) is 32.9 Å². The van der Waals surface area contributed by atoms with Crippen molar-refractivity contribution in [2.24, 2.45) is 0 Å². The summed E-state index contributed by atoms with van der Waals surface area (Å²) in [6.45, 7) is 14.2. The molecule has 136 valence electrons. The standard InChI is InChI=1S/C19H29N5O/c1-15(2)24-10-11-25-18(14-24)13-22-6-8-23(9-7-22)19-17(12-20)5-4-16(3)21-19/h4-5,15,18H,6-11,13-14H2,1-3H3/t18-/m0/s1. The number of hydrogen-bond acceptors (Lipinski definition) is 6. The molecule has 6 nitrogen and oxygen atoms in total. The number of pyridine rings is 1. The van der Waals surface area contributed by atoms with Crippen LogP contribution in [0.1, 0.15) is 25.1 Å². The second-order valence-electron chi connectivity index (χ2n) is 7.30. The van der Waals surface area contributed by atoms with Gasteiger partial charge in [0.05, 0.1) is 18.3 Å². The Kier molecular flexibility index (Phi) is 5.89. The first-order valence-corrected chi connectivity index (χ1v) is 9.27. The Morgan fingerprint density at radius 2 is 2.00 bits per heavy atom. The Labute approximate surface area is 151 Å². The third-order valence-electron chi connectivity index (χ3n) is 5.17. The predicted molar refractivity (Wildman–Crippen MR) is 98.8 cm³/mol. The Balaban J connectivity index is 1.54. The van der Waals surface area contributed by atoms with Crippen LogP contribution in [0.2, 0.25) is 0 Å². The van der Waals surface area contributed by atoms with Crippen molar-refractivity contribution in [3.8, 4) is 6.07 Å². The minimum Gasteiger partial charge on any atom is -0.374 e. The van der Waals surface area contributed by atoms with E-state index >= 15 is 0 Å². The molecule has 2 aliphatic heterocycles. The first-order valence-electron chi connectivity index (χ1n) is 9.27. The molecule has 0 unspecified atom stereocenters. The molecule has 6 heteroatoms. The van der Waals surface area contributed by atoms with Gasteiger partial charge in [0.2, 0.25) is 0 Å². The average molecular weight is 343 g/mol. The molecule has 0 amide bonds. The monoisotopic (exact) mass is 343 g/mol. The largest absolute Gasteiger partial charge is 0.374 e. The van der Waals surface area contributed by atoms with Crippen LogP contribution in [0.3, 0.4) is 0 Å². The fourth-order valence-corrected chi connectivity index (χ4v) is 3.62. The second-order valence-corrected chi connectivity index (χ2v) is 7.30. The number of anilines is 1. The summed E-state index contributed by atoms with van der Waals surface area (Å²) in [7, 11) is 0. The highest BCUT2D eigenvalue weighted by atomic mass is 16.5. The first-order chi connectivity index (χ1) is 12.1. The van der Waals surface area contributed by atoms with Gasteiger partial charge in [0.1, 0.15) is 11.9 Å². The van der Waals surface area contributed by atoms with Crippen molar-refractivity contribution in [3.63, 3.8) is 0 Å². The van der Waals surface area contributed by atoms with Crippen LogP contribution in [-0.4, -0.2) is 79.3 Å². The molecule has 0 spiro atoms. The highest BCUT2D eigenvalue weighted by Crippen LogP contribution is 2.20. The quantitative estimate of drug-likeness (QED) is 0.826. The summed E-state index contributed by atoms with van der Waals surface area (Å²) < 4.78 is 5.97. The van der Waals surface area contributed by atoms with Crippen LogP contribution < -0.4 is 4.90 Å². The maximum atomic E-state index is 9.33. The summed E-state index contributed by atoms with van der Waals surface area (Å²) >= 11 is 0. The van der Waals surface area contributed by atoms with E-state index in [2.05, 4.69) is 39.6 Å². The van der Waals surface area contributed by atoms with Crippen molar-refractivity contribution in [2.75, 3.05) is 57.3 Å². The molecule has 2 saturated heterocycles. The van der Waals surface area contributed by atoms with E-state index < -0.39 is 0 Å². The molecule has 0 radical (unpaired) electrons. The average Bonchev–Trinajstić information content (AvgIpc) is 2.62. The molecule has 0 aromatic carbocycles. The van der Waals surface area contributed by atoms with Gasteiger partial charge in [-0.15, -0.1) is 0 Å². The number of aromatic nitrogens is 1. The van der Waals surface area contributed by atoms with Crippen LogP contribution in [0.5, 0.6) is 0 Å². The van der Waals surface area contributed by atoms with Crippen LogP contribution in [-0.2, 0) is 4.74 Å². The van der Waals surface area contributed by atoms with E-state index in [1.54, 1.807) is 0 Å². The fourth-order valence-electron chi connectivity index (χ4n) is 3.62. The van der Waals surface area contributed by atoms with E-state index in [-0.39, 0.29) is 0 Å². The number of piperazine rings is 1. The normalized spacial score (nSPS) is 23.0. The number of ether oxygens (including phenoxy) is 1. The highest BCUT2D eigenvalue weighted by molar-refractivity contribution is 5.54. The molecule has 3 rings (SSSR count). The zero-order valence-corrected chi connectivity index (χ0v) is 15.6. The minimum atomic E-state index is 0.300. The number of aryl methyl sites for hydroxylation is 1. The summed E-state index contributed by atoms with van der Waals surface area (Å²) in [5.41, 5.74) is 1.63. The van der Waals surface area contributed by atoms with E-state index in [9.17, 15) is 5.26 Å². The number of nitriles is 1. The third-order valence-corrected chi connectivity index (χ3v) is 5.17. The van der Waals surface area contributed by atoms with Gasteiger partial charge in [-0.3, -0.25) is 9.80 Å². The lowest BCUT2D eigenvalue weighted by atomic mass is 10.2. The molecule has 0 aliphatic carbocycles. The molecule has 1 aromatic rings. The summed E-state index contributed by atoms with van der Waals surface area (Å²) in [6, 6.07) is 6.63. The molecule has 0 saturated carbocycles. The summed E-state index contributed by atoms with van der Waals surface area (Å²) in [5.74, 6) is 0.835. The molecule has 2 aliphatic rings. The lowest BCUT2D eigenvalue weighted by Gasteiger charge is -2.40. The molecule has 1 aromatic heterocycles. The smallest absolute Gasteiger partial charge is 0.146 e. The van der Waals surface area contributed by atoms with Gasteiger partial charge in [-0.25, -0.2) is 4.98 Å². The summed E-state index contributed by atoms with van der Waals surface area (Å²) in [4.78, 5) is 11.8. The Morgan fingerprint density at radius 3 is 2.68 bits per heavy atom. The second kappa shape index (κ2) is 8.13. The highest BCUT2D eigenvalue weighted by Gasteiger charge is 2.26. The fraction of sp³-hybridized carbons (Fsp3) is 0.684. The lowest BCUT2D eigenvalue weighted by Crippen LogP contribution is -2.53. The Bertz CT molecular complexity index is 619. The van der Waals surface area contributed by atoms with Crippen LogP contribution in [0.25, 0.3) is 0 Å². The van der Waals surface area contributed by atoms with Gasteiger partial charge in [-0.1, -0.05) is 0 Å². The molecule has 0 bridgehead atoms. The predicted octanol–water partition coefficient (Wildman–Crippen LogP) is 1.49. The third kappa shape index (κ3) is 4.49. The van der Waals surface area contributed by atoms with Gasteiger partial charge >= 0.3 is 0 Å². The molecule has 2 fully saturated rings. The molecule has 25 heavy (non-hydrogen) atoms. The van der Waals surface area contributed by atoms with Crippen molar-refractivity contribution in [1.29, 1.82) is 5.26 Å². The van der Waals surface area contributed by atoms with Crippen LogP contribution in [0.15, 0.2) is 12.1 Å². The van der Waals surface area contributed by atoms with Gasteiger partial charge in [0, 0.05) is 57.5 Å². The van der Waals surface area contributed by atoms with E-state index in [1.807, 2.05) is 19.1 Å². The van der Waals surface area contributed by atoms with Crippen molar-refractivity contribution in [2.45, 2.75) is 32.9 Å². The van der Waals surface area contributed by atoms with Crippen molar-refractivity contribution >= 4 is 5.82 Å². The molecular formula is C19H29N5O. The van der Waals surface area contributed by atoms with Gasteiger partial charge in [0.15, 0.2) is 0 Å². The SMILES string of the molecule is Cc1ccc(C#N)c(N2CCN(C[C@H]3CN(C(C)C)CCO3)CC2)n1. The number of nitrogens with zero attached hydrogens (tertiary/aromatic N) is 5. The zero-order chi connectivity index (χ0) is 17.8. The number of rotatable bonds is 4. The Morgan fingerprint density at radius 1 is 1.24 bits per heavy atom.